The van der Waals surface area contributed by atoms with Gasteiger partial charge in [0.25, 0.3) is 0 Å². The van der Waals surface area contributed by atoms with Crippen molar-refractivity contribution >= 4 is 29.5 Å². The minimum Gasteiger partial charge on any atom is -0.480 e. The molecular formula is C12H20N2O4S. The van der Waals surface area contributed by atoms with E-state index in [-0.39, 0.29) is 29.9 Å². The molecule has 1 fully saturated rings. The molecule has 0 aliphatic carbocycles. The van der Waals surface area contributed by atoms with E-state index in [1.54, 1.807) is 0 Å². The number of aliphatic carboxylic acids is 1. The molecule has 1 saturated heterocycles. The van der Waals surface area contributed by atoms with Crippen molar-refractivity contribution in [3.8, 4) is 0 Å². The Labute approximate surface area is 117 Å². The lowest BCUT2D eigenvalue weighted by Crippen LogP contribution is -2.37. The molecule has 0 unspecified atom stereocenters. The Bertz CT molecular complexity index is 343. The third kappa shape index (κ3) is 5.96. The Morgan fingerprint density at radius 1 is 1.16 bits per heavy atom. The van der Waals surface area contributed by atoms with Crippen molar-refractivity contribution in [1.29, 1.82) is 0 Å². The zero-order chi connectivity index (χ0) is 14.3. The Morgan fingerprint density at radius 3 is 2.37 bits per heavy atom. The number of nitrogens with zero attached hydrogens (tertiary/aromatic N) is 2. The summed E-state index contributed by atoms with van der Waals surface area (Å²) in [5.41, 5.74) is 0. The SMILES string of the molecule is CN(CC(=O)O)C(=O)CSCC(=O)N1CCCCC1. The average Bonchev–Trinajstić information content (AvgIpc) is 2.38. The lowest BCUT2D eigenvalue weighted by molar-refractivity contribution is -0.142. The van der Waals surface area contributed by atoms with E-state index in [1.807, 2.05) is 4.90 Å². The van der Waals surface area contributed by atoms with Crippen LogP contribution in [0.5, 0.6) is 0 Å². The largest absolute Gasteiger partial charge is 0.480 e. The topological polar surface area (TPSA) is 77.9 Å². The molecule has 108 valence electrons. The van der Waals surface area contributed by atoms with Gasteiger partial charge in [0, 0.05) is 20.1 Å². The fourth-order valence-corrected chi connectivity index (χ4v) is 2.72. The molecule has 0 aromatic heterocycles. The van der Waals surface area contributed by atoms with Gasteiger partial charge in [-0.2, -0.15) is 0 Å². The number of likely N-dealkylation sites (tertiary alicyclic amines) is 1. The van der Waals surface area contributed by atoms with Crippen molar-refractivity contribution in [3.63, 3.8) is 0 Å². The third-order valence-corrected chi connectivity index (χ3v) is 3.86. The normalized spacial score (nSPS) is 15.1. The highest BCUT2D eigenvalue weighted by Crippen LogP contribution is 2.11. The molecule has 6 nitrogen and oxygen atoms in total. The number of amides is 2. The summed E-state index contributed by atoms with van der Waals surface area (Å²) < 4.78 is 0. The number of carboxylic acid groups (broad SMARTS) is 1. The smallest absolute Gasteiger partial charge is 0.323 e. The number of carboxylic acids is 1. The minimum atomic E-state index is -1.04. The van der Waals surface area contributed by atoms with Gasteiger partial charge in [-0.05, 0) is 19.3 Å². The van der Waals surface area contributed by atoms with Gasteiger partial charge in [-0.3, -0.25) is 14.4 Å². The van der Waals surface area contributed by atoms with Crippen LogP contribution in [0.1, 0.15) is 19.3 Å². The Kier molecular flexibility index (Phi) is 6.69. The summed E-state index contributed by atoms with van der Waals surface area (Å²) in [6.07, 6.45) is 3.28. The van der Waals surface area contributed by atoms with E-state index < -0.39 is 5.97 Å². The van der Waals surface area contributed by atoms with Gasteiger partial charge >= 0.3 is 5.97 Å². The summed E-state index contributed by atoms with van der Waals surface area (Å²) in [7, 11) is 1.45. The number of hydrogen-bond donors (Lipinski definition) is 1. The summed E-state index contributed by atoms with van der Waals surface area (Å²) in [6.45, 7) is 1.32. The van der Waals surface area contributed by atoms with E-state index in [4.69, 9.17) is 5.11 Å². The Morgan fingerprint density at radius 2 is 1.79 bits per heavy atom. The Hall–Kier alpha value is -1.24. The molecule has 0 aromatic carbocycles. The molecule has 1 aliphatic rings. The van der Waals surface area contributed by atoms with Crippen LogP contribution in [0.4, 0.5) is 0 Å². The quantitative estimate of drug-likeness (QED) is 0.759. The molecular weight excluding hydrogens is 268 g/mol. The van der Waals surface area contributed by atoms with Crippen LogP contribution in [0.25, 0.3) is 0 Å². The lowest BCUT2D eigenvalue weighted by atomic mass is 10.1. The van der Waals surface area contributed by atoms with Crippen LogP contribution in [0, 0.1) is 0 Å². The molecule has 1 heterocycles. The van der Waals surface area contributed by atoms with Gasteiger partial charge in [0.1, 0.15) is 6.54 Å². The maximum absolute atomic E-state index is 11.8. The maximum atomic E-state index is 11.8. The molecule has 1 rings (SSSR count). The van der Waals surface area contributed by atoms with Crippen LogP contribution < -0.4 is 0 Å². The van der Waals surface area contributed by atoms with Gasteiger partial charge in [0.2, 0.25) is 11.8 Å². The van der Waals surface area contributed by atoms with E-state index >= 15 is 0 Å². The molecule has 0 spiro atoms. The number of piperidine rings is 1. The van der Waals surface area contributed by atoms with Gasteiger partial charge < -0.3 is 14.9 Å². The van der Waals surface area contributed by atoms with E-state index in [9.17, 15) is 14.4 Å². The number of thioether (sulfide) groups is 1. The number of hydrogen-bond acceptors (Lipinski definition) is 4. The van der Waals surface area contributed by atoms with Crippen molar-refractivity contribution in [3.05, 3.63) is 0 Å². The molecule has 0 aromatic rings. The second kappa shape index (κ2) is 8.04. The molecule has 7 heteroatoms. The van der Waals surface area contributed by atoms with Crippen LogP contribution in [0.3, 0.4) is 0 Å². The number of carbonyl (C=O) groups excluding carboxylic acids is 2. The fourth-order valence-electron chi connectivity index (χ4n) is 1.86. The van der Waals surface area contributed by atoms with Crippen LogP contribution in [-0.4, -0.2) is 70.9 Å². The molecule has 1 N–H and O–H groups in total. The highest BCUT2D eigenvalue weighted by molar-refractivity contribution is 8.00. The molecule has 0 atom stereocenters. The predicted octanol–water partition coefficient (Wildman–Crippen LogP) is 0.275. The average molecular weight is 288 g/mol. The number of rotatable bonds is 6. The highest BCUT2D eigenvalue weighted by atomic mass is 32.2. The van der Waals surface area contributed by atoms with Crippen molar-refractivity contribution in [1.82, 2.24) is 9.80 Å². The van der Waals surface area contributed by atoms with Gasteiger partial charge in [0.05, 0.1) is 11.5 Å². The summed E-state index contributed by atoms with van der Waals surface area (Å²) in [5.74, 6) is -0.807. The molecule has 2 amide bonds. The first kappa shape index (κ1) is 15.8. The fraction of sp³-hybridized carbons (Fsp3) is 0.750. The van der Waals surface area contributed by atoms with Crippen molar-refractivity contribution in [2.24, 2.45) is 0 Å². The molecule has 1 aliphatic heterocycles. The lowest BCUT2D eigenvalue weighted by Gasteiger charge is -2.26. The third-order valence-electron chi connectivity index (χ3n) is 2.96. The summed E-state index contributed by atoms with van der Waals surface area (Å²) in [6, 6.07) is 0. The second-order valence-corrected chi connectivity index (χ2v) is 5.56. The molecule has 19 heavy (non-hydrogen) atoms. The van der Waals surface area contributed by atoms with Gasteiger partial charge in [-0.15, -0.1) is 11.8 Å². The summed E-state index contributed by atoms with van der Waals surface area (Å²) in [5, 5.41) is 8.56. The standard InChI is InChI=1S/C12H20N2O4S/c1-13(7-12(17)18)10(15)8-19-9-11(16)14-5-3-2-4-6-14/h2-9H2,1H3,(H,17,18). The number of likely N-dealkylation sites (N-methyl/N-ethyl adjacent to an activating group) is 1. The first-order valence-electron chi connectivity index (χ1n) is 6.32. The van der Waals surface area contributed by atoms with Gasteiger partial charge in [-0.25, -0.2) is 0 Å². The second-order valence-electron chi connectivity index (χ2n) is 4.58. The maximum Gasteiger partial charge on any atom is 0.323 e. The van der Waals surface area contributed by atoms with Gasteiger partial charge in [0.15, 0.2) is 0 Å². The van der Waals surface area contributed by atoms with E-state index in [0.717, 1.165) is 30.8 Å². The summed E-state index contributed by atoms with van der Waals surface area (Å²) in [4.78, 5) is 36.8. The van der Waals surface area contributed by atoms with Crippen LogP contribution >= 0.6 is 11.8 Å². The summed E-state index contributed by atoms with van der Waals surface area (Å²) >= 11 is 1.24. The monoisotopic (exact) mass is 288 g/mol. The number of carbonyl (C=O) groups is 3. The van der Waals surface area contributed by atoms with E-state index in [2.05, 4.69) is 0 Å². The van der Waals surface area contributed by atoms with E-state index in [0.29, 0.717) is 0 Å². The van der Waals surface area contributed by atoms with E-state index in [1.165, 1.54) is 25.2 Å². The van der Waals surface area contributed by atoms with Crippen LogP contribution in [-0.2, 0) is 14.4 Å². The van der Waals surface area contributed by atoms with Gasteiger partial charge in [-0.1, -0.05) is 0 Å². The first-order valence-corrected chi connectivity index (χ1v) is 7.47. The first-order chi connectivity index (χ1) is 9.00. The Balaban J connectivity index is 2.20. The molecule has 0 radical (unpaired) electrons. The molecule has 0 bridgehead atoms. The minimum absolute atomic E-state index is 0.0680. The highest BCUT2D eigenvalue weighted by Gasteiger charge is 2.17. The molecule has 0 saturated carbocycles. The predicted molar refractivity (Wildman–Crippen MR) is 73.0 cm³/mol. The van der Waals surface area contributed by atoms with Crippen LogP contribution in [0.2, 0.25) is 0 Å². The van der Waals surface area contributed by atoms with Crippen LogP contribution in [0.15, 0.2) is 0 Å². The van der Waals surface area contributed by atoms with Crippen molar-refractivity contribution in [2.45, 2.75) is 19.3 Å². The van der Waals surface area contributed by atoms with Crippen molar-refractivity contribution < 1.29 is 19.5 Å². The van der Waals surface area contributed by atoms with Crippen molar-refractivity contribution in [2.75, 3.05) is 38.2 Å². The zero-order valence-corrected chi connectivity index (χ0v) is 11.9. The zero-order valence-electron chi connectivity index (χ0n) is 11.1.